The molecule has 186 valence electrons. The summed E-state index contributed by atoms with van der Waals surface area (Å²) in [6.45, 7) is 6.05. The van der Waals surface area contributed by atoms with Gasteiger partial charge in [0.2, 0.25) is 0 Å². The van der Waals surface area contributed by atoms with E-state index >= 15 is 0 Å². The van der Waals surface area contributed by atoms with Crippen molar-refractivity contribution in [1.29, 1.82) is 0 Å². The molecule has 0 aromatic heterocycles. The number of alkyl halides is 3. The van der Waals surface area contributed by atoms with Gasteiger partial charge in [-0.05, 0) is 74.2 Å². The van der Waals surface area contributed by atoms with Crippen LogP contribution in [0.4, 0.5) is 24.5 Å². The zero-order chi connectivity index (χ0) is 25.8. The van der Waals surface area contributed by atoms with E-state index in [4.69, 9.17) is 17.3 Å². The van der Waals surface area contributed by atoms with Crippen LogP contribution in [0.15, 0.2) is 71.5 Å². The van der Waals surface area contributed by atoms with Crippen LogP contribution in [0, 0.1) is 5.92 Å². The summed E-state index contributed by atoms with van der Waals surface area (Å²) in [5.41, 5.74) is 5.88. The molecular weight excluding hydrogens is 477 g/mol. The van der Waals surface area contributed by atoms with Crippen LogP contribution in [0.2, 0.25) is 0 Å². The molecule has 0 fully saturated rings. The molecule has 0 bridgehead atoms. The summed E-state index contributed by atoms with van der Waals surface area (Å²) in [5, 5.41) is 3.73. The first-order chi connectivity index (χ1) is 16.5. The molecule has 1 aliphatic rings. The number of allylic oxidation sites excluding steroid dienone is 3. The van der Waals surface area contributed by atoms with Crippen LogP contribution in [-0.2, 0) is 6.18 Å². The first-order valence-electron chi connectivity index (χ1n) is 11.3. The molecule has 35 heavy (non-hydrogen) atoms. The fraction of sp³-hybridized carbons (Fsp3) is 0.308. The molecule has 0 radical (unpaired) electrons. The lowest BCUT2D eigenvalue weighted by atomic mass is 10.0. The van der Waals surface area contributed by atoms with Crippen molar-refractivity contribution in [3.8, 4) is 0 Å². The lowest BCUT2D eigenvalue weighted by Gasteiger charge is -2.24. The van der Waals surface area contributed by atoms with Crippen LogP contribution in [0.3, 0.4) is 0 Å². The Bertz CT molecular complexity index is 1170. The SMILES string of the molecule is CCN(C(=O)c1cc(N)cc(C(F)(F)F)c1)c1cccc([C@H](C)NC2=CC(C)C/C=C/C(Cl)=N2)c1. The molecule has 0 spiro atoms. The number of carbonyl (C=O) groups is 1. The van der Waals surface area contributed by atoms with Gasteiger partial charge in [0.1, 0.15) is 11.0 Å². The Kier molecular flexibility index (Phi) is 8.27. The molecule has 1 amide bonds. The summed E-state index contributed by atoms with van der Waals surface area (Å²) in [4.78, 5) is 19.0. The van der Waals surface area contributed by atoms with Crippen LogP contribution < -0.4 is 16.0 Å². The van der Waals surface area contributed by atoms with Gasteiger partial charge in [-0.15, -0.1) is 0 Å². The Morgan fingerprint density at radius 3 is 2.71 bits per heavy atom. The van der Waals surface area contributed by atoms with Gasteiger partial charge in [-0.3, -0.25) is 4.79 Å². The fourth-order valence-electron chi connectivity index (χ4n) is 3.79. The summed E-state index contributed by atoms with van der Waals surface area (Å²) >= 11 is 6.15. The van der Waals surface area contributed by atoms with Crippen molar-refractivity contribution < 1.29 is 18.0 Å². The molecule has 0 saturated heterocycles. The molecule has 1 aliphatic heterocycles. The number of amides is 1. The Morgan fingerprint density at radius 1 is 1.29 bits per heavy atom. The summed E-state index contributed by atoms with van der Waals surface area (Å²) < 4.78 is 39.7. The normalized spacial score (nSPS) is 18.0. The van der Waals surface area contributed by atoms with Gasteiger partial charge in [0.15, 0.2) is 0 Å². The molecule has 1 unspecified atom stereocenters. The molecule has 2 aromatic rings. The second-order valence-electron chi connectivity index (χ2n) is 8.45. The number of carbonyl (C=O) groups excluding carboxylic acids is 1. The third-order valence-electron chi connectivity index (χ3n) is 5.57. The standard InChI is InChI=1S/C26H28ClF3N4O/c1-4-34(25(35)19-12-20(26(28,29)30)15-21(31)13-19)22-9-6-8-18(14-22)17(3)32-24-11-16(2)7-5-10-23(27)33-24/h5-6,8-17,32H,4,7,31H2,1-3H3/b10-5+,24-11?,33-23?/t16?,17-/m0/s1. The quantitative estimate of drug-likeness (QED) is 0.431. The van der Waals surface area contributed by atoms with E-state index in [0.717, 1.165) is 24.1 Å². The monoisotopic (exact) mass is 504 g/mol. The second-order valence-corrected chi connectivity index (χ2v) is 8.84. The number of nitrogens with two attached hydrogens (primary N) is 1. The van der Waals surface area contributed by atoms with E-state index in [0.29, 0.717) is 16.7 Å². The highest BCUT2D eigenvalue weighted by atomic mass is 35.5. The number of halogens is 4. The number of hydrogen-bond acceptors (Lipinski definition) is 4. The van der Waals surface area contributed by atoms with Crippen molar-refractivity contribution in [2.45, 2.75) is 39.4 Å². The lowest BCUT2D eigenvalue weighted by molar-refractivity contribution is -0.137. The van der Waals surface area contributed by atoms with E-state index in [1.165, 1.54) is 11.0 Å². The summed E-state index contributed by atoms with van der Waals surface area (Å²) in [5.74, 6) is 0.351. The topological polar surface area (TPSA) is 70.7 Å². The first-order valence-corrected chi connectivity index (χ1v) is 11.6. The summed E-state index contributed by atoms with van der Waals surface area (Å²) in [7, 11) is 0. The van der Waals surface area contributed by atoms with Crippen LogP contribution in [-0.4, -0.2) is 17.6 Å². The zero-order valence-corrected chi connectivity index (χ0v) is 20.5. The predicted molar refractivity (Wildman–Crippen MR) is 135 cm³/mol. The third kappa shape index (κ3) is 6.88. The van der Waals surface area contributed by atoms with Crippen LogP contribution in [0.25, 0.3) is 0 Å². The Labute approximate surface area is 208 Å². The minimum atomic E-state index is -4.60. The van der Waals surface area contributed by atoms with Gasteiger partial charge in [0, 0.05) is 23.5 Å². The first kappa shape index (κ1) is 26.3. The second kappa shape index (κ2) is 11.0. The maximum atomic E-state index is 13.2. The van der Waals surface area contributed by atoms with Crippen molar-refractivity contribution in [2.75, 3.05) is 17.2 Å². The summed E-state index contributed by atoms with van der Waals surface area (Å²) in [6.07, 6.45) is 1.99. The minimum Gasteiger partial charge on any atom is -0.399 e. The minimum absolute atomic E-state index is 0.124. The van der Waals surface area contributed by atoms with Gasteiger partial charge in [0.25, 0.3) is 5.91 Å². The zero-order valence-electron chi connectivity index (χ0n) is 19.7. The number of hydrogen-bond donors (Lipinski definition) is 2. The van der Waals surface area contributed by atoms with E-state index in [2.05, 4.69) is 17.2 Å². The third-order valence-corrected chi connectivity index (χ3v) is 5.78. The number of rotatable bonds is 6. The van der Waals surface area contributed by atoms with Crippen molar-refractivity contribution in [2.24, 2.45) is 10.9 Å². The Hall–Kier alpha value is -3.26. The number of nitrogen functional groups attached to an aromatic ring is 1. The van der Waals surface area contributed by atoms with Gasteiger partial charge in [0.05, 0.1) is 11.6 Å². The molecule has 9 heteroatoms. The average molecular weight is 505 g/mol. The number of nitrogens with one attached hydrogen (secondary N) is 1. The van der Waals surface area contributed by atoms with E-state index in [1.54, 1.807) is 25.1 Å². The molecule has 1 heterocycles. The molecule has 3 N–H and O–H groups in total. The van der Waals surface area contributed by atoms with Gasteiger partial charge in [-0.25, -0.2) is 4.99 Å². The number of nitrogens with zero attached hydrogens (tertiary/aromatic N) is 2. The Balaban J connectivity index is 1.87. The van der Waals surface area contributed by atoms with Gasteiger partial charge in [-0.2, -0.15) is 13.2 Å². The summed E-state index contributed by atoms with van der Waals surface area (Å²) in [6, 6.07) is 9.99. The smallest absolute Gasteiger partial charge is 0.399 e. The van der Waals surface area contributed by atoms with Crippen molar-refractivity contribution in [3.63, 3.8) is 0 Å². The van der Waals surface area contributed by atoms with E-state index < -0.39 is 17.6 Å². The molecule has 3 rings (SSSR count). The van der Waals surface area contributed by atoms with Gasteiger partial charge < -0.3 is 16.0 Å². The van der Waals surface area contributed by atoms with Crippen molar-refractivity contribution >= 4 is 34.1 Å². The number of anilines is 2. The molecule has 2 atom stereocenters. The number of benzene rings is 2. The Morgan fingerprint density at radius 2 is 2.03 bits per heavy atom. The van der Waals surface area contributed by atoms with E-state index in [1.807, 2.05) is 31.2 Å². The maximum Gasteiger partial charge on any atom is 0.416 e. The molecule has 5 nitrogen and oxygen atoms in total. The van der Waals surface area contributed by atoms with E-state index in [9.17, 15) is 18.0 Å². The van der Waals surface area contributed by atoms with Crippen LogP contribution in [0.5, 0.6) is 0 Å². The highest BCUT2D eigenvalue weighted by Crippen LogP contribution is 2.32. The highest BCUT2D eigenvalue weighted by Gasteiger charge is 2.32. The van der Waals surface area contributed by atoms with Crippen molar-refractivity contribution in [3.05, 3.63) is 83.2 Å². The highest BCUT2D eigenvalue weighted by molar-refractivity contribution is 6.68. The van der Waals surface area contributed by atoms with Gasteiger partial charge in [-0.1, -0.05) is 36.7 Å². The number of aliphatic imine (C=N–C) groups is 1. The predicted octanol–water partition coefficient (Wildman–Crippen LogP) is 6.68. The van der Waals surface area contributed by atoms with Gasteiger partial charge >= 0.3 is 6.18 Å². The fourth-order valence-corrected chi connectivity index (χ4v) is 3.97. The molecular formula is C26H28ClF3N4O. The van der Waals surface area contributed by atoms with Crippen molar-refractivity contribution in [1.82, 2.24) is 5.32 Å². The van der Waals surface area contributed by atoms with Crippen LogP contribution in [0.1, 0.15) is 54.7 Å². The molecule has 0 saturated carbocycles. The van der Waals surface area contributed by atoms with Crippen LogP contribution >= 0.6 is 11.6 Å². The molecule has 0 aliphatic carbocycles. The average Bonchev–Trinajstić information content (AvgIpc) is 2.77. The molecule has 2 aromatic carbocycles. The maximum absolute atomic E-state index is 13.2. The largest absolute Gasteiger partial charge is 0.416 e. The van der Waals surface area contributed by atoms with E-state index in [-0.39, 0.29) is 29.8 Å². The lowest BCUT2D eigenvalue weighted by Crippen LogP contribution is -2.31.